The molecule has 0 fully saturated rings. The average Bonchev–Trinajstić information content (AvgIpc) is 2.74. The van der Waals surface area contributed by atoms with E-state index in [0.29, 0.717) is 0 Å². The summed E-state index contributed by atoms with van der Waals surface area (Å²) in [6.07, 6.45) is 1.89. The third-order valence-electron chi connectivity index (χ3n) is 3.78. The summed E-state index contributed by atoms with van der Waals surface area (Å²) in [7, 11) is 2.06. The van der Waals surface area contributed by atoms with Crippen LogP contribution in [-0.4, -0.2) is 27.8 Å². The number of hydrogen-bond donors (Lipinski definition) is 2. The summed E-state index contributed by atoms with van der Waals surface area (Å²) in [5.74, 6) is 1.06. The van der Waals surface area contributed by atoms with Gasteiger partial charge in [-0.25, -0.2) is 4.98 Å². The number of benzene rings is 1. The second kappa shape index (κ2) is 6.37. The van der Waals surface area contributed by atoms with E-state index < -0.39 is 0 Å². The Balaban J connectivity index is 1.94. The van der Waals surface area contributed by atoms with Crippen molar-refractivity contribution in [2.24, 2.45) is 12.5 Å². The average molecular weight is 275 g/mol. The molecule has 2 aromatic rings. The Hall–Kier alpha value is -1.39. The van der Waals surface area contributed by atoms with Crippen molar-refractivity contribution in [1.29, 1.82) is 0 Å². The first-order chi connectivity index (χ1) is 9.53. The van der Waals surface area contributed by atoms with Crippen LogP contribution in [-0.2, 0) is 13.6 Å². The van der Waals surface area contributed by atoms with E-state index in [2.05, 4.69) is 41.8 Å². The van der Waals surface area contributed by atoms with Crippen LogP contribution in [0.3, 0.4) is 0 Å². The molecule has 0 saturated carbocycles. The van der Waals surface area contributed by atoms with Crippen LogP contribution in [0.1, 0.15) is 32.5 Å². The Kier molecular flexibility index (Phi) is 4.78. The summed E-state index contributed by atoms with van der Waals surface area (Å²) >= 11 is 0. The molecule has 0 amide bonds. The number of rotatable bonds is 7. The molecule has 0 saturated heterocycles. The number of aryl methyl sites for hydroxylation is 1. The smallest absolute Gasteiger partial charge is 0.123 e. The van der Waals surface area contributed by atoms with Crippen LogP contribution >= 0.6 is 0 Å². The van der Waals surface area contributed by atoms with Gasteiger partial charge in [0.15, 0.2) is 0 Å². The lowest BCUT2D eigenvalue weighted by Crippen LogP contribution is -2.30. The van der Waals surface area contributed by atoms with E-state index >= 15 is 0 Å². The van der Waals surface area contributed by atoms with E-state index in [1.165, 1.54) is 5.52 Å². The molecule has 2 rings (SSSR count). The lowest BCUT2D eigenvalue weighted by atomic mass is 9.88. The molecule has 0 aliphatic heterocycles. The van der Waals surface area contributed by atoms with E-state index in [-0.39, 0.29) is 12.0 Å². The first-order valence-corrected chi connectivity index (χ1v) is 7.25. The number of aliphatic hydroxyl groups is 1. The Labute approximate surface area is 120 Å². The van der Waals surface area contributed by atoms with Crippen LogP contribution in [0.15, 0.2) is 24.3 Å². The summed E-state index contributed by atoms with van der Waals surface area (Å²) < 4.78 is 2.14. The Morgan fingerprint density at radius 2 is 2.05 bits per heavy atom. The fraction of sp³-hybridized carbons (Fsp3) is 0.562. The van der Waals surface area contributed by atoms with Crippen molar-refractivity contribution in [3.63, 3.8) is 0 Å². The van der Waals surface area contributed by atoms with Gasteiger partial charge in [0.1, 0.15) is 5.82 Å². The fourth-order valence-electron chi connectivity index (χ4n) is 2.51. The molecule has 0 atom stereocenters. The lowest BCUT2D eigenvalue weighted by Gasteiger charge is -2.24. The summed E-state index contributed by atoms with van der Waals surface area (Å²) in [6.45, 7) is 6.42. The maximum Gasteiger partial charge on any atom is 0.123 e. The highest BCUT2D eigenvalue weighted by molar-refractivity contribution is 5.75. The monoisotopic (exact) mass is 275 g/mol. The molecule has 2 N–H and O–H groups in total. The molecule has 4 heteroatoms. The zero-order valence-corrected chi connectivity index (χ0v) is 12.7. The Morgan fingerprint density at radius 3 is 2.75 bits per heavy atom. The number of fused-ring (bicyclic) bond motifs is 1. The van der Waals surface area contributed by atoms with Crippen LogP contribution in [0.2, 0.25) is 0 Å². The second-order valence-electron chi connectivity index (χ2n) is 6.17. The molecular formula is C16H25N3O. The molecule has 0 radical (unpaired) electrons. The topological polar surface area (TPSA) is 50.1 Å². The van der Waals surface area contributed by atoms with Gasteiger partial charge < -0.3 is 15.0 Å². The van der Waals surface area contributed by atoms with E-state index in [4.69, 9.17) is 5.11 Å². The van der Waals surface area contributed by atoms with E-state index in [9.17, 15) is 0 Å². The molecule has 1 aromatic heterocycles. The molecule has 0 spiro atoms. The number of hydrogen-bond acceptors (Lipinski definition) is 3. The summed E-state index contributed by atoms with van der Waals surface area (Å²) in [5, 5.41) is 12.4. The molecule has 110 valence electrons. The largest absolute Gasteiger partial charge is 0.396 e. The minimum Gasteiger partial charge on any atom is -0.396 e. The van der Waals surface area contributed by atoms with Gasteiger partial charge in [-0.2, -0.15) is 0 Å². The number of para-hydroxylation sites is 2. The normalized spacial score (nSPS) is 12.2. The fourth-order valence-corrected chi connectivity index (χ4v) is 2.51. The maximum atomic E-state index is 8.92. The first-order valence-electron chi connectivity index (χ1n) is 7.25. The minimum atomic E-state index is 0.202. The molecule has 20 heavy (non-hydrogen) atoms. The minimum absolute atomic E-state index is 0.202. The van der Waals surface area contributed by atoms with Gasteiger partial charge in [0.25, 0.3) is 0 Å². The van der Waals surface area contributed by atoms with Crippen LogP contribution in [0.5, 0.6) is 0 Å². The third kappa shape index (κ3) is 3.58. The number of nitrogens with zero attached hydrogens (tertiary/aromatic N) is 2. The van der Waals surface area contributed by atoms with E-state index in [1.807, 2.05) is 18.2 Å². The van der Waals surface area contributed by atoms with Crippen LogP contribution in [0.4, 0.5) is 0 Å². The second-order valence-corrected chi connectivity index (χ2v) is 6.17. The van der Waals surface area contributed by atoms with Crippen molar-refractivity contribution in [3.8, 4) is 0 Å². The van der Waals surface area contributed by atoms with Crippen molar-refractivity contribution >= 4 is 11.0 Å². The van der Waals surface area contributed by atoms with Gasteiger partial charge in [-0.1, -0.05) is 26.0 Å². The van der Waals surface area contributed by atoms with Crippen molar-refractivity contribution in [3.05, 3.63) is 30.1 Å². The predicted molar refractivity (Wildman–Crippen MR) is 82.5 cm³/mol. The molecule has 0 unspecified atom stereocenters. The number of imidazole rings is 1. The number of aromatic nitrogens is 2. The lowest BCUT2D eigenvalue weighted by molar-refractivity contribution is 0.236. The van der Waals surface area contributed by atoms with Gasteiger partial charge >= 0.3 is 0 Å². The summed E-state index contributed by atoms with van der Waals surface area (Å²) in [6, 6.07) is 8.20. The number of aliphatic hydroxyl groups excluding tert-OH is 1. The van der Waals surface area contributed by atoms with Crippen molar-refractivity contribution in [2.75, 3.05) is 13.2 Å². The summed E-state index contributed by atoms with van der Waals surface area (Å²) in [4.78, 5) is 4.65. The highest BCUT2D eigenvalue weighted by Gasteiger charge is 2.17. The number of nitrogens with one attached hydrogen (secondary N) is 1. The molecule has 0 aliphatic rings. The quantitative estimate of drug-likeness (QED) is 0.816. The Bertz CT molecular complexity index is 560. The molecular weight excluding hydrogens is 250 g/mol. The van der Waals surface area contributed by atoms with Crippen molar-refractivity contribution < 1.29 is 5.11 Å². The SMILES string of the molecule is Cn1c(CNCC(C)(C)CCCO)nc2ccccc21. The van der Waals surface area contributed by atoms with Crippen molar-refractivity contribution in [2.45, 2.75) is 33.2 Å². The van der Waals surface area contributed by atoms with Crippen LogP contribution in [0.25, 0.3) is 11.0 Å². The molecule has 1 heterocycles. The molecule has 1 aromatic carbocycles. The molecule has 0 bridgehead atoms. The maximum absolute atomic E-state index is 8.92. The van der Waals surface area contributed by atoms with E-state index in [1.54, 1.807) is 0 Å². The first kappa shape index (κ1) is 15.0. The predicted octanol–water partition coefficient (Wildman–Crippen LogP) is 2.46. The Morgan fingerprint density at radius 1 is 1.30 bits per heavy atom. The van der Waals surface area contributed by atoms with Crippen molar-refractivity contribution in [1.82, 2.24) is 14.9 Å². The standard InChI is InChI=1S/C16H25N3O/c1-16(2,9-6-10-20)12-17-11-15-18-13-7-4-5-8-14(13)19(15)3/h4-5,7-8,17,20H,6,9-12H2,1-3H3. The van der Waals surface area contributed by atoms with Gasteiger partial charge in [-0.15, -0.1) is 0 Å². The summed E-state index contributed by atoms with van der Waals surface area (Å²) in [5.41, 5.74) is 2.42. The van der Waals surface area contributed by atoms with Gasteiger partial charge in [0.05, 0.1) is 17.6 Å². The van der Waals surface area contributed by atoms with Crippen LogP contribution in [0, 0.1) is 5.41 Å². The third-order valence-corrected chi connectivity index (χ3v) is 3.78. The molecule has 4 nitrogen and oxygen atoms in total. The molecule has 0 aliphatic carbocycles. The zero-order chi connectivity index (χ0) is 14.6. The zero-order valence-electron chi connectivity index (χ0n) is 12.7. The highest BCUT2D eigenvalue weighted by atomic mass is 16.2. The van der Waals surface area contributed by atoms with Crippen LogP contribution < -0.4 is 5.32 Å². The van der Waals surface area contributed by atoms with E-state index in [0.717, 1.165) is 37.3 Å². The van der Waals surface area contributed by atoms with Gasteiger partial charge in [0, 0.05) is 20.2 Å². The highest BCUT2D eigenvalue weighted by Crippen LogP contribution is 2.21. The van der Waals surface area contributed by atoms with Gasteiger partial charge in [-0.05, 0) is 30.4 Å². The van der Waals surface area contributed by atoms with Gasteiger partial charge in [0.2, 0.25) is 0 Å². The van der Waals surface area contributed by atoms with Gasteiger partial charge in [-0.3, -0.25) is 0 Å².